The van der Waals surface area contributed by atoms with Gasteiger partial charge in [-0.05, 0) is 40.6 Å². The summed E-state index contributed by atoms with van der Waals surface area (Å²) < 4.78 is 49.1. The van der Waals surface area contributed by atoms with Gasteiger partial charge < -0.3 is 10.8 Å². The minimum atomic E-state index is -3.33. The van der Waals surface area contributed by atoms with E-state index in [4.69, 9.17) is 16.4 Å². The molecule has 2 aliphatic carbocycles. The van der Waals surface area contributed by atoms with E-state index in [0.717, 1.165) is 42.0 Å². The normalized spacial score (nSPS) is 21.9. The average Bonchev–Trinajstić information content (AvgIpc) is 3.35. The van der Waals surface area contributed by atoms with Crippen LogP contribution in [0.4, 0.5) is 0 Å². The van der Waals surface area contributed by atoms with Gasteiger partial charge in [0, 0.05) is 32.2 Å². The number of hydrogen-bond donors (Lipinski definition) is 2. The third-order valence-electron chi connectivity index (χ3n) is 6.43. The molecule has 2 aromatic rings. The van der Waals surface area contributed by atoms with Crippen molar-refractivity contribution in [3.8, 4) is 0 Å². The van der Waals surface area contributed by atoms with Crippen molar-refractivity contribution < 1.29 is 21.9 Å². The Hall–Kier alpha value is -2.51. The molecular weight excluding hydrogens is 516 g/mol. The first-order chi connectivity index (χ1) is 16.9. The number of nitrogens with two attached hydrogens (primary N) is 1. The first kappa shape index (κ1) is 32.5. The molecule has 0 bridgehead atoms. The van der Waals surface area contributed by atoms with Gasteiger partial charge in [-0.2, -0.15) is 8.61 Å². The number of benzene rings is 2. The van der Waals surface area contributed by atoms with E-state index in [1.54, 1.807) is 7.05 Å². The fourth-order valence-electron chi connectivity index (χ4n) is 4.64. The number of nitrogens with zero attached hydrogens (tertiary/aromatic N) is 5. The van der Waals surface area contributed by atoms with Crippen LogP contribution in [-0.4, -0.2) is 76.4 Å². The van der Waals surface area contributed by atoms with Crippen LogP contribution in [0.2, 0.25) is 0 Å². The van der Waals surface area contributed by atoms with Crippen LogP contribution in [0, 0.1) is 0 Å². The lowest BCUT2D eigenvalue weighted by Crippen LogP contribution is -2.39. The Morgan fingerprint density at radius 2 is 1.27 bits per heavy atom. The zero-order valence-electron chi connectivity index (χ0n) is 21.1. The monoisotopic (exact) mass is 554 g/mol. The number of hydrogen-bond acceptors (Lipinski definition) is 7. The number of rotatable bonds is 5. The van der Waals surface area contributed by atoms with E-state index in [2.05, 4.69) is 10.0 Å². The Labute approximate surface area is 220 Å². The van der Waals surface area contributed by atoms with E-state index >= 15 is 0 Å². The van der Waals surface area contributed by atoms with Crippen LogP contribution in [0.5, 0.6) is 0 Å². The van der Waals surface area contributed by atoms with Gasteiger partial charge in [0.2, 0.25) is 20.0 Å². The molecule has 4 rings (SSSR count). The second-order valence-corrected chi connectivity index (χ2v) is 12.8. The lowest BCUT2D eigenvalue weighted by atomic mass is 10.1. The molecule has 11 nitrogen and oxygen atoms in total. The van der Waals surface area contributed by atoms with Crippen LogP contribution in [-0.2, 0) is 32.9 Å². The summed E-state index contributed by atoms with van der Waals surface area (Å²) in [6.45, 7) is 0. The fourth-order valence-corrected chi connectivity index (χ4v) is 5.99. The van der Waals surface area contributed by atoms with Crippen molar-refractivity contribution >= 4 is 20.0 Å². The maximum absolute atomic E-state index is 11.7. The Morgan fingerprint density at radius 3 is 1.73 bits per heavy atom. The molecule has 0 saturated carbocycles. The minimum absolute atomic E-state index is 0. The molecule has 0 unspecified atom stereocenters. The van der Waals surface area contributed by atoms with E-state index in [-0.39, 0.29) is 25.6 Å². The van der Waals surface area contributed by atoms with Crippen molar-refractivity contribution in [2.45, 2.75) is 44.4 Å². The van der Waals surface area contributed by atoms with Gasteiger partial charge in [0.05, 0.1) is 30.6 Å². The molecule has 13 heteroatoms. The smallest absolute Gasteiger partial charge is 0.211 e. The summed E-state index contributed by atoms with van der Waals surface area (Å²) in [5, 5.41) is 10.7. The van der Waals surface area contributed by atoms with Gasteiger partial charge in [0.15, 0.2) is 0 Å². The summed E-state index contributed by atoms with van der Waals surface area (Å²) in [5.74, 6) is 0. The number of azide groups is 1. The second-order valence-electron chi connectivity index (χ2n) is 8.69. The van der Waals surface area contributed by atoms with Gasteiger partial charge in [-0.1, -0.05) is 61.1 Å². The standard InChI is InChI=1S/C11H14N4O2S.C11H16N2O2S.CH4O.CH4/c1-15(18(2,16)17)11-9-6-4-3-5-8(9)7-10(11)13-14-12;1-13(16(2,14)15)11-9-6-4-3-5-8(9)7-10(11)12;1-2;/h3-6,10-11H,7H2,1-2H3;3-6,10-11H,7,12H2,1-2H3;2H,1H3;1H4/t2*10-,11-;;/m11../s1. The molecule has 0 amide bonds. The molecule has 2 aromatic carbocycles. The largest absolute Gasteiger partial charge is 0.400 e. The molecule has 4 atom stereocenters. The molecule has 0 saturated heterocycles. The van der Waals surface area contributed by atoms with Crippen molar-refractivity contribution in [1.29, 1.82) is 0 Å². The van der Waals surface area contributed by atoms with Crippen molar-refractivity contribution in [3.63, 3.8) is 0 Å². The average molecular weight is 555 g/mol. The summed E-state index contributed by atoms with van der Waals surface area (Å²) in [4.78, 5) is 2.82. The summed E-state index contributed by atoms with van der Waals surface area (Å²) in [6.07, 6.45) is 3.67. The quantitative estimate of drug-likeness (QED) is 0.327. The van der Waals surface area contributed by atoms with Crippen molar-refractivity contribution in [3.05, 3.63) is 81.2 Å². The third-order valence-corrected chi connectivity index (χ3v) is 8.98. The van der Waals surface area contributed by atoms with Gasteiger partial charge in [-0.3, -0.25) is 0 Å². The van der Waals surface area contributed by atoms with Gasteiger partial charge in [-0.15, -0.1) is 0 Å². The maximum atomic E-state index is 11.7. The van der Waals surface area contributed by atoms with Gasteiger partial charge in [-0.25, -0.2) is 16.8 Å². The molecule has 206 valence electrons. The predicted octanol–water partition coefficient (Wildman–Crippen LogP) is 2.60. The van der Waals surface area contributed by atoms with E-state index in [1.165, 1.54) is 21.9 Å². The Kier molecular flexibility index (Phi) is 11.7. The molecule has 3 N–H and O–H groups in total. The first-order valence-electron chi connectivity index (χ1n) is 11.1. The highest BCUT2D eigenvalue weighted by Gasteiger charge is 2.38. The Morgan fingerprint density at radius 1 is 0.865 bits per heavy atom. The molecule has 0 heterocycles. The van der Waals surface area contributed by atoms with Crippen LogP contribution in [0.1, 0.15) is 41.8 Å². The Bertz CT molecular complexity index is 1310. The van der Waals surface area contributed by atoms with Crippen LogP contribution in [0.3, 0.4) is 0 Å². The minimum Gasteiger partial charge on any atom is -0.400 e. The molecule has 0 aromatic heterocycles. The van der Waals surface area contributed by atoms with Crippen LogP contribution in [0.25, 0.3) is 10.4 Å². The maximum Gasteiger partial charge on any atom is 0.211 e. The molecule has 37 heavy (non-hydrogen) atoms. The SMILES string of the molecule is C.CN([C@@H]1c2ccccc2C[C@H]1N)S(C)(=O)=O.CN([C@@H]1c2ccccc2C[C@H]1N=[N+]=[N-])S(C)(=O)=O.CO. The number of fused-ring (bicyclic) bond motifs is 2. The molecule has 0 radical (unpaired) electrons. The van der Waals surface area contributed by atoms with Crippen LogP contribution < -0.4 is 5.73 Å². The third kappa shape index (κ3) is 7.51. The van der Waals surface area contributed by atoms with Crippen molar-refractivity contribution in [1.82, 2.24) is 8.61 Å². The number of likely N-dealkylation sites (N-methyl/N-ethyl adjacent to an activating group) is 2. The van der Waals surface area contributed by atoms with Crippen LogP contribution in [0.15, 0.2) is 53.6 Å². The summed E-state index contributed by atoms with van der Waals surface area (Å²) >= 11 is 0. The topological polar surface area (TPSA) is 170 Å². The second kappa shape index (κ2) is 13.3. The van der Waals surface area contributed by atoms with E-state index in [9.17, 15) is 16.8 Å². The molecular formula is C24H38N6O5S2. The molecule has 2 aliphatic rings. The molecule has 0 spiro atoms. The lowest BCUT2D eigenvalue weighted by Gasteiger charge is -2.26. The molecule has 0 fully saturated rings. The predicted molar refractivity (Wildman–Crippen MR) is 147 cm³/mol. The zero-order chi connectivity index (χ0) is 27.3. The summed E-state index contributed by atoms with van der Waals surface area (Å²) in [5.41, 5.74) is 18.8. The van der Waals surface area contributed by atoms with E-state index in [1.807, 2.05) is 48.5 Å². The van der Waals surface area contributed by atoms with Gasteiger partial charge in [0.1, 0.15) is 0 Å². The van der Waals surface area contributed by atoms with Crippen LogP contribution >= 0.6 is 0 Å². The highest BCUT2D eigenvalue weighted by molar-refractivity contribution is 7.88. The van der Waals surface area contributed by atoms with Gasteiger partial charge in [0.25, 0.3) is 0 Å². The first-order valence-corrected chi connectivity index (χ1v) is 14.8. The highest BCUT2D eigenvalue weighted by atomic mass is 32.2. The fraction of sp³-hybridized carbons (Fsp3) is 0.500. The highest BCUT2D eigenvalue weighted by Crippen LogP contribution is 2.38. The van der Waals surface area contributed by atoms with Crippen molar-refractivity contribution in [2.75, 3.05) is 33.7 Å². The summed E-state index contributed by atoms with van der Waals surface area (Å²) in [7, 11) is -2.44. The molecule has 0 aliphatic heterocycles. The summed E-state index contributed by atoms with van der Waals surface area (Å²) in [6, 6.07) is 14.2. The lowest BCUT2D eigenvalue weighted by molar-refractivity contribution is 0.345. The Balaban J connectivity index is 0.000000340. The van der Waals surface area contributed by atoms with E-state index in [0.29, 0.717) is 6.42 Å². The number of aliphatic hydroxyl groups excluding tert-OH is 1. The van der Waals surface area contributed by atoms with E-state index < -0.39 is 26.1 Å². The number of aliphatic hydroxyl groups is 1. The van der Waals surface area contributed by atoms with Gasteiger partial charge >= 0.3 is 0 Å². The zero-order valence-corrected chi connectivity index (χ0v) is 22.7. The van der Waals surface area contributed by atoms with Crippen molar-refractivity contribution in [2.24, 2.45) is 10.8 Å². The number of sulfonamides is 2.